The van der Waals surface area contributed by atoms with Crippen LogP contribution in [0.15, 0.2) is 59.6 Å². The number of thiophene rings is 1. The molecule has 182 valence electrons. The van der Waals surface area contributed by atoms with Crippen molar-refractivity contribution in [2.45, 2.75) is 29.0 Å². The van der Waals surface area contributed by atoms with Gasteiger partial charge in [-0.2, -0.15) is 0 Å². The molecule has 0 amide bonds. The summed E-state index contributed by atoms with van der Waals surface area (Å²) < 4.78 is 49.7. The number of halogens is 1. The number of nitrogens with two attached hydrogens (primary N) is 1. The van der Waals surface area contributed by atoms with Crippen molar-refractivity contribution in [3.63, 3.8) is 0 Å². The van der Waals surface area contributed by atoms with Gasteiger partial charge in [0.1, 0.15) is 5.82 Å². The van der Waals surface area contributed by atoms with Gasteiger partial charge in [0, 0.05) is 27.6 Å². The molecule has 1 aliphatic carbocycles. The Balaban J connectivity index is 1.66. The summed E-state index contributed by atoms with van der Waals surface area (Å²) in [5.74, 6) is 0.237. The number of fused-ring (bicyclic) bond motifs is 1. The minimum atomic E-state index is -3.58. The van der Waals surface area contributed by atoms with Crippen molar-refractivity contribution in [2.75, 3.05) is 12.0 Å². The predicted octanol–water partition coefficient (Wildman–Crippen LogP) is 4.80. The van der Waals surface area contributed by atoms with Crippen molar-refractivity contribution in [1.82, 2.24) is 14.7 Å². The van der Waals surface area contributed by atoms with Crippen LogP contribution in [0.5, 0.6) is 0 Å². The summed E-state index contributed by atoms with van der Waals surface area (Å²) in [6.45, 7) is 0. The van der Waals surface area contributed by atoms with Crippen molar-refractivity contribution < 1.29 is 12.6 Å². The SMILES string of the molecule is C[S@](=N)(=O)c1ccnc(-c2cccc3cc([C@H](NS(=O)(=O)C4CC4)c4nc(N)ccc4Cl)sc23)c1. The smallest absolute Gasteiger partial charge is 0.215 e. The highest BCUT2D eigenvalue weighted by Gasteiger charge is 2.38. The standard InChI is InChI=1S/C23H22ClN5O3S3/c1-34(26,30)15-9-10-27-18(12-15)16-4-2-3-13-11-19(33-23(13)16)22(29-35(31,32)14-5-6-14)21-17(24)7-8-20(25)28-21/h2-4,7-12,14,22,26,29H,5-6H2,1H3,(H2,25,28)/t22-,34-/m0/s1. The van der Waals surface area contributed by atoms with E-state index in [-0.39, 0.29) is 5.82 Å². The molecule has 2 atom stereocenters. The number of nitrogens with zero attached hydrogens (tertiary/aromatic N) is 2. The number of nitrogen functional groups attached to an aromatic ring is 1. The van der Waals surface area contributed by atoms with E-state index in [1.165, 1.54) is 17.6 Å². The maximum atomic E-state index is 12.9. The minimum Gasteiger partial charge on any atom is -0.384 e. The molecular weight excluding hydrogens is 526 g/mol. The van der Waals surface area contributed by atoms with E-state index in [9.17, 15) is 12.6 Å². The van der Waals surface area contributed by atoms with E-state index in [4.69, 9.17) is 22.1 Å². The zero-order chi connectivity index (χ0) is 25.0. The second kappa shape index (κ2) is 8.82. The van der Waals surface area contributed by atoms with Gasteiger partial charge in [-0.1, -0.05) is 29.8 Å². The molecule has 35 heavy (non-hydrogen) atoms. The van der Waals surface area contributed by atoms with Crippen LogP contribution < -0.4 is 10.5 Å². The Bertz CT molecular complexity index is 1660. The molecule has 0 aliphatic heterocycles. The van der Waals surface area contributed by atoms with E-state index in [0.29, 0.717) is 39.0 Å². The lowest BCUT2D eigenvalue weighted by Crippen LogP contribution is -2.32. The van der Waals surface area contributed by atoms with Crippen molar-refractivity contribution in [3.8, 4) is 11.3 Å². The molecular formula is C23H22ClN5O3S3. The molecule has 5 rings (SSSR count). The minimum absolute atomic E-state index is 0.237. The molecule has 1 saturated carbocycles. The number of benzene rings is 1. The number of hydrogen-bond donors (Lipinski definition) is 3. The third-order valence-electron chi connectivity index (χ3n) is 5.72. The van der Waals surface area contributed by atoms with E-state index in [1.54, 1.807) is 30.5 Å². The zero-order valence-electron chi connectivity index (χ0n) is 18.6. The molecule has 1 fully saturated rings. The molecule has 12 heteroatoms. The molecule has 3 aromatic heterocycles. The highest BCUT2D eigenvalue weighted by Crippen LogP contribution is 2.41. The average Bonchev–Trinajstić information content (AvgIpc) is 3.58. The van der Waals surface area contributed by atoms with Crippen molar-refractivity contribution >= 4 is 58.6 Å². The molecule has 4 N–H and O–H groups in total. The van der Waals surface area contributed by atoms with Crippen LogP contribution >= 0.6 is 22.9 Å². The first-order valence-corrected chi connectivity index (χ1v) is 15.4. The van der Waals surface area contributed by atoms with Gasteiger partial charge in [-0.3, -0.25) is 4.98 Å². The molecule has 8 nitrogen and oxygen atoms in total. The number of nitrogens with one attached hydrogen (secondary N) is 2. The number of aromatic nitrogens is 2. The van der Waals surface area contributed by atoms with Crippen LogP contribution in [0.1, 0.15) is 29.5 Å². The summed E-state index contributed by atoms with van der Waals surface area (Å²) >= 11 is 7.85. The van der Waals surface area contributed by atoms with Crippen LogP contribution in [0.25, 0.3) is 21.3 Å². The van der Waals surface area contributed by atoms with Crippen LogP contribution in [0.2, 0.25) is 5.02 Å². The molecule has 0 radical (unpaired) electrons. The lowest BCUT2D eigenvalue weighted by molar-refractivity contribution is 0.570. The van der Waals surface area contributed by atoms with Gasteiger partial charge in [0.25, 0.3) is 0 Å². The fourth-order valence-electron chi connectivity index (χ4n) is 3.79. The van der Waals surface area contributed by atoms with Crippen LogP contribution in [0.4, 0.5) is 5.82 Å². The van der Waals surface area contributed by atoms with E-state index in [1.807, 2.05) is 24.3 Å². The molecule has 0 bridgehead atoms. The molecule has 0 spiro atoms. The third-order valence-corrected chi connectivity index (χ3v) is 10.4. The van der Waals surface area contributed by atoms with Crippen LogP contribution in [-0.2, 0) is 19.8 Å². The Morgan fingerprint density at radius 2 is 1.94 bits per heavy atom. The Labute approximate surface area is 212 Å². The number of sulfonamides is 1. The van der Waals surface area contributed by atoms with Gasteiger partial charge >= 0.3 is 0 Å². The van der Waals surface area contributed by atoms with E-state index in [2.05, 4.69) is 14.7 Å². The molecule has 0 saturated heterocycles. The summed E-state index contributed by atoms with van der Waals surface area (Å²) in [5, 5.41) is 0.770. The molecule has 1 aromatic carbocycles. The first kappa shape index (κ1) is 24.1. The number of hydrogen-bond acceptors (Lipinski definition) is 8. The van der Waals surface area contributed by atoms with Gasteiger partial charge in [0.15, 0.2) is 0 Å². The summed E-state index contributed by atoms with van der Waals surface area (Å²) in [4.78, 5) is 9.89. The second-order valence-corrected chi connectivity index (χ2v) is 14.1. The van der Waals surface area contributed by atoms with Crippen LogP contribution in [-0.4, -0.2) is 34.1 Å². The second-order valence-electron chi connectivity index (χ2n) is 8.49. The third kappa shape index (κ3) is 4.91. The lowest BCUT2D eigenvalue weighted by Gasteiger charge is -2.18. The Hall–Kier alpha value is -2.57. The maximum Gasteiger partial charge on any atom is 0.215 e. The van der Waals surface area contributed by atoms with Crippen molar-refractivity contribution in [1.29, 1.82) is 4.78 Å². The summed E-state index contributed by atoms with van der Waals surface area (Å²) in [6, 6.07) is 13.2. The molecule has 1 aliphatic rings. The maximum absolute atomic E-state index is 12.9. The van der Waals surface area contributed by atoms with E-state index in [0.717, 1.165) is 15.6 Å². The van der Waals surface area contributed by atoms with Gasteiger partial charge in [-0.15, -0.1) is 11.3 Å². The fraction of sp³-hybridized carbons (Fsp3) is 0.217. The Morgan fingerprint density at radius 3 is 2.66 bits per heavy atom. The highest BCUT2D eigenvalue weighted by atomic mass is 35.5. The van der Waals surface area contributed by atoms with Gasteiger partial charge in [-0.25, -0.2) is 27.1 Å². The molecule has 0 unspecified atom stereocenters. The first-order chi connectivity index (χ1) is 16.5. The largest absolute Gasteiger partial charge is 0.384 e. The zero-order valence-corrected chi connectivity index (χ0v) is 21.8. The molecule has 3 heterocycles. The van der Waals surface area contributed by atoms with E-state index >= 15 is 0 Å². The van der Waals surface area contributed by atoms with Gasteiger partial charge in [-0.05, 0) is 48.6 Å². The quantitative estimate of drug-likeness (QED) is 0.303. The Kier molecular flexibility index (Phi) is 6.09. The number of anilines is 1. The topological polar surface area (TPSA) is 139 Å². The summed E-state index contributed by atoms with van der Waals surface area (Å²) in [7, 11) is -6.49. The number of pyridine rings is 2. The lowest BCUT2D eigenvalue weighted by atomic mass is 10.1. The number of rotatable bonds is 7. The van der Waals surface area contributed by atoms with Crippen molar-refractivity contribution in [3.05, 3.63) is 70.3 Å². The Morgan fingerprint density at radius 1 is 1.17 bits per heavy atom. The first-order valence-electron chi connectivity index (χ1n) is 10.7. The normalized spacial score (nSPS) is 16.7. The van der Waals surface area contributed by atoms with Crippen molar-refractivity contribution in [2.24, 2.45) is 0 Å². The van der Waals surface area contributed by atoms with Crippen LogP contribution in [0.3, 0.4) is 0 Å². The summed E-state index contributed by atoms with van der Waals surface area (Å²) in [5.41, 5.74) is 7.62. The van der Waals surface area contributed by atoms with Gasteiger partial charge in [0.2, 0.25) is 10.0 Å². The fourth-order valence-corrected chi connectivity index (χ4v) is 7.49. The average molecular weight is 548 g/mol. The summed E-state index contributed by atoms with van der Waals surface area (Å²) in [6.07, 6.45) is 4.15. The van der Waals surface area contributed by atoms with Gasteiger partial charge < -0.3 is 5.73 Å². The van der Waals surface area contributed by atoms with E-state index < -0.39 is 31.0 Å². The van der Waals surface area contributed by atoms with Crippen LogP contribution in [0, 0.1) is 4.78 Å². The predicted molar refractivity (Wildman–Crippen MR) is 141 cm³/mol. The highest BCUT2D eigenvalue weighted by molar-refractivity contribution is 7.91. The monoisotopic (exact) mass is 547 g/mol. The van der Waals surface area contributed by atoms with Gasteiger partial charge in [0.05, 0.1) is 42.3 Å². The molecule has 4 aromatic rings.